The molecule has 1 nitrogen and oxygen atoms in total. The van der Waals surface area contributed by atoms with E-state index in [2.05, 4.69) is 239 Å². The zero-order chi connectivity index (χ0) is 42.9. The average Bonchev–Trinajstić information content (AvgIpc) is 3.72. The Morgan fingerprint density at radius 1 is 0.587 bits per heavy atom. The monoisotopic (exact) mass is 809 g/mol. The average molecular weight is 810 g/mol. The molecule has 0 radical (unpaired) electrons. The van der Waals surface area contributed by atoms with Gasteiger partial charge in [-0.3, -0.25) is 0 Å². The first-order chi connectivity index (χ1) is 30.8. The number of allylic oxidation sites excluding steroid dienone is 12. The summed E-state index contributed by atoms with van der Waals surface area (Å²) in [5.41, 5.74) is 22.5. The molecular weight excluding hydrogens is 759 g/mol. The molecule has 0 heterocycles. The lowest BCUT2D eigenvalue weighted by Crippen LogP contribution is -2.42. The highest BCUT2D eigenvalue weighted by atomic mass is 15.2. The predicted octanol–water partition coefficient (Wildman–Crippen LogP) is 15.6. The molecule has 63 heavy (non-hydrogen) atoms. The molecule has 11 rings (SSSR count). The molecule has 0 amide bonds. The molecule has 1 heteroatoms. The van der Waals surface area contributed by atoms with E-state index in [0.717, 1.165) is 6.42 Å². The van der Waals surface area contributed by atoms with Crippen LogP contribution < -0.4 is 4.90 Å². The van der Waals surface area contributed by atoms with Crippen LogP contribution in [0.3, 0.4) is 0 Å². The van der Waals surface area contributed by atoms with Crippen molar-refractivity contribution in [2.45, 2.75) is 63.8 Å². The summed E-state index contributed by atoms with van der Waals surface area (Å²) in [7, 11) is 0. The van der Waals surface area contributed by atoms with Crippen LogP contribution in [0.4, 0.5) is 11.4 Å². The topological polar surface area (TPSA) is 3.24 Å². The summed E-state index contributed by atoms with van der Waals surface area (Å²) in [6, 6.07) is 52.1. The molecule has 2 atom stereocenters. The SMILES string of the molecule is C/C=C\C1=C(/C=C\C)C2(C3=C1C=CC#CC3)c1ccccc1-c1cccc(C3=CCC(C)(N(c4ccc(-c5ccccc5)cc4)c4ccc5c(c4)C(C)(C)c4ccccc4-5)C=C3)c12. The molecule has 6 aromatic carbocycles. The molecule has 5 aliphatic rings. The van der Waals surface area contributed by atoms with Gasteiger partial charge in [0.1, 0.15) is 0 Å². The van der Waals surface area contributed by atoms with Crippen molar-refractivity contribution in [1.29, 1.82) is 0 Å². The molecule has 5 aliphatic carbocycles. The van der Waals surface area contributed by atoms with E-state index in [9.17, 15) is 0 Å². The van der Waals surface area contributed by atoms with E-state index in [-0.39, 0.29) is 11.0 Å². The van der Waals surface area contributed by atoms with E-state index in [1.807, 2.05) is 6.08 Å². The van der Waals surface area contributed by atoms with Crippen molar-refractivity contribution in [3.05, 3.63) is 244 Å². The number of hydrogen-bond donors (Lipinski definition) is 0. The van der Waals surface area contributed by atoms with E-state index >= 15 is 0 Å². The summed E-state index contributed by atoms with van der Waals surface area (Å²) in [6.07, 6.45) is 22.3. The predicted molar refractivity (Wildman–Crippen MR) is 266 cm³/mol. The van der Waals surface area contributed by atoms with Gasteiger partial charge in [-0.2, -0.15) is 0 Å². The largest absolute Gasteiger partial charge is 0.332 e. The normalized spacial score (nSPS) is 20.9. The van der Waals surface area contributed by atoms with Gasteiger partial charge in [-0.05, 0) is 153 Å². The van der Waals surface area contributed by atoms with E-state index in [0.29, 0.717) is 6.42 Å². The third kappa shape index (κ3) is 5.71. The maximum Gasteiger partial charge on any atom is 0.0703 e. The highest BCUT2D eigenvalue weighted by Crippen LogP contribution is 2.64. The zero-order valence-electron chi connectivity index (χ0n) is 36.8. The van der Waals surface area contributed by atoms with Gasteiger partial charge in [0.15, 0.2) is 0 Å². The summed E-state index contributed by atoms with van der Waals surface area (Å²) in [5.74, 6) is 6.88. The lowest BCUT2D eigenvalue weighted by molar-refractivity contribution is 0.570. The second-order valence-electron chi connectivity index (χ2n) is 18.3. The molecule has 2 unspecified atom stereocenters. The second kappa shape index (κ2) is 14.8. The van der Waals surface area contributed by atoms with Crippen LogP contribution in [0.1, 0.15) is 75.3 Å². The van der Waals surface area contributed by atoms with Crippen molar-refractivity contribution in [1.82, 2.24) is 0 Å². The maximum absolute atomic E-state index is 3.54. The zero-order valence-corrected chi connectivity index (χ0v) is 36.8. The first-order valence-electron chi connectivity index (χ1n) is 22.5. The Morgan fingerprint density at radius 2 is 1.24 bits per heavy atom. The lowest BCUT2D eigenvalue weighted by atomic mass is 9.66. The molecule has 6 aromatic rings. The minimum absolute atomic E-state index is 0.107. The number of hydrogen-bond acceptors (Lipinski definition) is 1. The van der Waals surface area contributed by atoms with Gasteiger partial charge in [-0.15, -0.1) is 0 Å². The molecule has 0 saturated carbocycles. The molecule has 0 aliphatic heterocycles. The van der Waals surface area contributed by atoms with E-state index in [1.165, 1.54) is 100 Å². The Bertz CT molecular complexity index is 3160. The van der Waals surface area contributed by atoms with Crippen LogP contribution in [0.2, 0.25) is 0 Å². The summed E-state index contributed by atoms with van der Waals surface area (Å²) in [4.78, 5) is 2.58. The van der Waals surface area contributed by atoms with Crippen LogP contribution in [0, 0.1) is 11.8 Å². The smallest absolute Gasteiger partial charge is 0.0703 e. The Kier molecular flexibility index (Phi) is 9.08. The molecule has 0 bridgehead atoms. The van der Waals surface area contributed by atoms with Gasteiger partial charge in [0, 0.05) is 23.2 Å². The van der Waals surface area contributed by atoms with Crippen molar-refractivity contribution >= 4 is 16.9 Å². The van der Waals surface area contributed by atoms with Crippen LogP contribution in [0.5, 0.6) is 0 Å². The quantitative estimate of drug-likeness (QED) is 0.145. The molecule has 0 fully saturated rings. The van der Waals surface area contributed by atoms with Gasteiger partial charge in [0.2, 0.25) is 0 Å². The summed E-state index contributed by atoms with van der Waals surface area (Å²) >= 11 is 0. The van der Waals surface area contributed by atoms with Gasteiger partial charge in [-0.1, -0.05) is 183 Å². The first-order valence-corrected chi connectivity index (χ1v) is 22.5. The van der Waals surface area contributed by atoms with Crippen molar-refractivity contribution in [2.75, 3.05) is 4.90 Å². The van der Waals surface area contributed by atoms with Crippen LogP contribution in [0.25, 0.3) is 39.0 Å². The van der Waals surface area contributed by atoms with Crippen LogP contribution in [0.15, 0.2) is 217 Å². The van der Waals surface area contributed by atoms with Crippen molar-refractivity contribution < 1.29 is 0 Å². The number of fused-ring (bicyclic) bond motifs is 9. The Morgan fingerprint density at radius 3 is 1.98 bits per heavy atom. The fraction of sp³-hybridized carbons (Fsp3) is 0.161. The molecule has 0 saturated heterocycles. The lowest BCUT2D eigenvalue weighted by Gasteiger charge is -2.43. The Balaban J connectivity index is 1.06. The van der Waals surface area contributed by atoms with Gasteiger partial charge < -0.3 is 4.90 Å². The van der Waals surface area contributed by atoms with Crippen molar-refractivity contribution in [3.63, 3.8) is 0 Å². The maximum atomic E-state index is 3.54. The number of benzene rings is 6. The van der Waals surface area contributed by atoms with Crippen molar-refractivity contribution in [2.24, 2.45) is 0 Å². The highest BCUT2D eigenvalue weighted by molar-refractivity contribution is 5.96. The molecular formula is C62H51N. The highest BCUT2D eigenvalue weighted by Gasteiger charge is 2.54. The second-order valence-corrected chi connectivity index (χ2v) is 18.3. The van der Waals surface area contributed by atoms with Gasteiger partial charge in [0.25, 0.3) is 0 Å². The number of rotatable bonds is 7. The van der Waals surface area contributed by atoms with Gasteiger partial charge in [-0.25, -0.2) is 0 Å². The fourth-order valence-corrected chi connectivity index (χ4v) is 11.6. The fourth-order valence-electron chi connectivity index (χ4n) is 11.6. The Hall–Kier alpha value is -7.14. The summed E-state index contributed by atoms with van der Waals surface area (Å²) in [5, 5.41) is 0. The van der Waals surface area contributed by atoms with E-state index < -0.39 is 5.41 Å². The molecule has 0 aromatic heterocycles. The van der Waals surface area contributed by atoms with Gasteiger partial charge >= 0.3 is 0 Å². The number of anilines is 2. The Labute approximate surface area is 373 Å². The summed E-state index contributed by atoms with van der Waals surface area (Å²) < 4.78 is 0. The minimum Gasteiger partial charge on any atom is -0.332 e. The van der Waals surface area contributed by atoms with E-state index in [4.69, 9.17) is 0 Å². The molecule has 0 N–H and O–H groups in total. The minimum atomic E-state index is -0.473. The van der Waals surface area contributed by atoms with Crippen LogP contribution >= 0.6 is 0 Å². The molecule has 1 spiro atoms. The number of nitrogens with zero attached hydrogens (tertiary/aromatic N) is 1. The third-order valence-electron chi connectivity index (χ3n) is 14.4. The van der Waals surface area contributed by atoms with Crippen molar-refractivity contribution in [3.8, 4) is 45.2 Å². The van der Waals surface area contributed by atoms with E-state index in [1.54, 1.807) is 0 Å². The summed E-state index contributed by atoms with van der Waals surface area (Å²) in [6.45, 7) is 11.4. The van der Waals surface area contributed by atoms with Crippen LogP contribution in [-0.4, -0.2) is 5.54 Å². The van der Waals surface area contributed by atoms with Gasteiger partial charge in [0.05, 0.1) is 11.0 Å². The molecule has 304 valence electrons. The first kappa shape index (κ1) is 38.8. The van der Waals surface area contributed by atoms with Crippen LogP contribution in [-0.2, 0) is 10.8 Å². The third-order valence-corrected chi connectivity index (χ3v) is 14.4. The standard InChI is InChI=1S/C62H51N/c1-6-19-48-50-23-12-9-13-29-56(50)62(55(48)20-7-2)57-30-17-15-25-51(57)53-27-18-26-47(59(53)62)44-37-39-61(5,40-38-44)63(45-33-31-43(32-34-45)42-21-10-8-11-22-42)46-35-36-52-49-24-14-16-28-54(49)60(3,4)58(52)41-46/h6-8,10-12,14-28,30-39,41H,29,40H2,1-5H3/b19-6-,20-7-.